The maximum Gasteiger partial charge on any atom is 0.339 e. The number of amides is 1. The molecule has 1 N–H and O–H groups in total. The predicted molar refractivity (Wildman–Crippen MR) is 152 cm³/mol. The number of rotatable bonds is 6. The first-order valence-electron chi connectivity index (χ1n) is 14.1. The van der Waals surface area contributed by atoms with Crippen molar-refractivity contribution in [3.05, 3.63) is 87.8 Å². The molecule has 4 aromatic rings. The van der Waals surface area contributed by atoms with Crippen molar-refractivity contribution < 1.29 is 19.1 Å². The molecule has 0 radical (unpaired) electrons. The number of hydrogen-bond acceptors (Lipinski definition) is 5. The molecule has 6 rings (SSSR count). The monoisotopic (exact) mass is 525 g/mol. The molecule has 2 aliphatic rings. The van der Waals surface area contributed by atoms with Crippen molar-refractivity contribution in [1.29, 1.82) is 0 Å². The first-order valence-corrected chi connectivity index (χ1v) is 14.1. The number of ether oxygens (including phenoxy) is 1. The first-order chi connectivity index (χ1) is 18.9. The lowest BCUT2D eigenvalue weighted by Crippen LogP contribution is -2.54. The topological polar surface area (TPSA) is 80.0 Å². The molecule has 202 valence electrons. The van der Waals surface area contributed by atoms with Crippen LogP contribution in [0.4, 0.5) is 0 Å². The highest BCUT2D eigenvalue weighted by Crippen LogP contribution is 2.40. The maximum atomic E-state index is 13.0. The third kappa shape index (κ3) is 5.18. The van der Waals surface area contributed by atoms with E-state index in [1.54, 1.807) is 6.07 Å². The summed E-state index contributed by atoms with van der Waals surface area (Å²) in [5.74, 6) is 0.835. The Morgan fingerprint density at radius 1 is 1.08 bits per heavy atom. The van der Waals surface area contributed by atoms with E-state index in [2.05, 4.69) is 30.3 Å². The van der Waals surface area contributed by atoms with Crippen molar-refractivity contribution in [2.75, 3.05) is 13.1 Å². The number of nitrogens with zero attached hydrogens (tertiary/aromatic N) is 1. The van der Waals surface area contributed by atoms with Crippen LogP contribution >= 0.6 is 0 Å². The summed E-state index contributed by atoms with van der Waals surface area (Å²) in [6.45, 7) is 3.52. The molecule has 0 unspecified atom stereocenters. The highest BCUT2D eigenvalue weighted by molar-refractivity contribution is 5.84. The second-order valence-corrected chi connectivity index (χ2v) is 11.3. The van der Waals surface area contributed by atoms with E-state index in [9.17, 15) is 14.7 Å². The molecule has 1 aliphatic heterocycles. The second-order valence-electron chi connectivity index (χ2n) is 11.3. The largest absolute Gasteiger partial charge is 0.489 e. The molecule has 3 aromatic carbocycles. The molecule has 39 heavy (non-hydrogen) atoms. The number of aliphatic hydroxyl groups is 1. The van der Waals surface area contributed by atoms with Gasteiger partial charge in [-0.15, -0.1) is 0 Å². The van der Waals surface area contributed by atoms with Gasteiger partial charge in [0.1, 0.15) is 17.9 Å². The van der Waals surface area contributed by atoms with E-state index in [-0.39, 0.29) is 18.2 Å². The van der Waals surface area contributed by atoms with Crippen molar-refractivity contribution in [1.82, 2.24) is 4.90 Å². The minimum absolute atomic E-state index is 0.0407. The Bertz CT molecular complexity index is 1590. The van der Waals surface area contributed by atoms with Gasteiger partial charge in [0.05, 0.1) is 5.60 Å². The fourth-order valence-electron chi connectivity index (χ4n) is 6.44. The molecule has 1 saturated heterocycles. The van der Waals surface area contributed by atoms with Crippen LogP contribution < -0.4 is 10.4 Å². The molecule has 6 heteroatoms. The van der Waals surface area contributed by atoms with Crippen LogP contribution in [0.15, 0.2) is 69.9 Å². The molecule has 1 saturated carbocycles. The average Bonchev–Trinajstić information content (AvgIpc) is 2.95. The standard InChI is InChI=1S/C33H35NO5/c1-22-28-12-11-27(38-21-23-9-10-24-6-2-3-7-25(24)18-23)19-30(28)39-32(36)29(22)13-14-31(35)34-17-16-33(37)15-5-4-8-26(33)20-34/h2-3,6-7,9-12,18-19,26,37H,4-5,8,13-17,20-21H2,1H3/t26-,33-/m0/s1. The Labute approximate surface area is 228 Å². The third-order valence-corrected chi connectivity index (χ3v) is 8.85. The molecule has 1 amide bonds. The van der Waals surface area contributed by atoms with Crippen LogP contribution in [-0.2, 0) is 17.8 Å². The molecule has 0 bridgehead atoms. The van der Waals surface area contributed by atoms with Crippen LogP contribution in [0.3, 0.4) is 0 Å². The second kappa shape index (κ2) is 10.5. The van der Waals surface area contributed by atoms with Crippen molar-refractivity contribution in [3.63, 3.8) is 0 Å². The summed E-state index contributed by atoms with van der Waals surface area (Å²) < 4.78 is 11.7. The SMILES string of the molecule is Cc1c(CCC(=O)N2CC[C@@]3(O)CCCC[C@H]3C2)c(=O)oc2cc(OCc3ccc4ccccc4c3)ccc12. The normalized spacial score (nSPS) is 21.2. The molecule has 0 spiro atoms. The number of carbonyl (C=O) groups is 1. The van der Waals surface area contributed by atoms with E-state index >= 15 is 0 Å². The minimum Gasteiger partial charge on any atom is -0.489 e. The molecule has 2 fully saturated rings. The summed E-state index contributed by atoms with van der Waals surface area (Å²) in [5, 5.41) is 14.1. The summed E-state index contributed by atoms with van der Waals surface area (Å²) in [7, 11) is 0. The highest BCUT2D eigenvalue weighted by atomic mass is 16.5. The zero-order valence-corrected chi connectivity index (χ0v) is 22.4. The summed E-state index contributed by atoms with van der Waals surface area (Å²) in [4.78, 5) is 27.8. The van der Waals surface area contributed by atoms with Crippen molar-refractivity contribution in [2.45, 2.75) is 64.1 Å². The summed E-state index contributed by atoms with van der Waals surface area (Å²) in [6.07, 6.45) is 5.24. The number of aryl methyl sites for hydroxylation is 1. The van der Waals surface area contributed by atoms with Crippen LogP contribution in [0.2, 0.25) is 0 Å². The molecule has 2 atom stereocenters. The number of hydrogen-bond donors (Lipinski definition) is 1. The van der Waals surface area contributed by atoms with Gasteiger partial charge in [0, 0.05) is 42.4 Å². The predicted octanol–water partition coefficient (Wildman–Crippen LogP) is 5.92. The van der Waals surface area contributed by atoms with E-state index in [0.717, 1.165) is 42.2 Å². The van der Waals surface area contributed by atoms with Crippen LogP contribution in [0.25, 0.3) is 21.7 Å². The van der Waals surface area contributed by atoms with E-state index in [0.29, 0.717) is 49.4 Å². The van der Waals surface area contributed by atoms with Gasteiger partial charge in [0.25, 0.3) is 0 Å². The van der Waals surface area contributed by atoms with Gasteiger partial charge >= 0.3 is 5.63 Å². The highest BCUT2D eigenvalue weighted by Gasteiger charge is 2.43. The fraction of sp³-hybridized carbons (Fsp3) is 0.394. The number of fused-ring (bicyclic) bond motifs is 3. The van der Waals surface area contributed by atoms with Gasteiger partial charge in [0.2, 0.25) is 5.91 Å². The van der Waals surface area contributed by atoms with Gasteiger partial charge in [-0.3, -0.25) is 4.79 Å². The number of likely N-dealkylation sites (tertiary alicyclic amines) is 1. The van der Waals surface area contributed by atoms with Gasteiger partial charge in [0.15, 0.2) is 0 Å². The zero-order valence-electron chi connectivity index (χ0n) is 22.4. The maximum absolute atomic E-state index is 13.0. The van der Waals surface area contributed by atoms with Crippen LogP contribution in [0, 0.1) is 12.8 Å². The molecule has 1 aromatic heterocycles. The summed E-state index contributed by atoms with van der Waals surface area (Å²) in [6, 6.07) is 20.1. The Kier molecular flexibility index (Phi) is 6.90. The quantitative estimate of drug-likeness (QED) is 0.316. The van der Waals surface area contributed by atoms with Gasteiger partial charge in [-0.05, 0) is 72.7 Å². The van der Waals surface area contributed by atoms with Crippen LogP contribution in [-0.4, -0.2) is 34.6 Å². The lowest BCUT2D eigenvalue weighted by molar-refractivity contribution is -0.143. The van der Waals surface area contributed by atoms with E-state index in [4.69, 9.17) is 9.15 Å². The van der Waals surface area contributed by atoms with Crippen LogP contribution in [0.5, 0.6) is 5.75 Å². The van der Waals surface area contributed by atoms with Gasteiger partial charge < -0.3 is 19.2 Å². The Balaban J connectivity index is 1.12. The van der Waals surface area contributed by atoms with Gasteiger partial charge in [-0.2, -0.15) is 0 Å². The molecule has 1 aliphatic carbocycles. The molecule has 6 nitrogen and oxygen atoms in total. The number of carbonyl (C=O) groups excluding carboxylic acids is 1. The Morgan fingerprint density at radius 3 is 2.79 bits per heavy atom. The summed E-state index contributed by atoms with van der Waals surface area (Å²) >= 11 is 0. The van der Waals surface area contributed by atoms with E-state index < -0.39 is 11.2 Å². The van der Waals surface area contributed by atoms with Crippen LogP contribution in [0.1, 0.15) is 55.2 Å². The molecular weight excluding hydrogens is 490 g/mol. The van der Waals surface area contributed by atoms with Crippen molar-refractivity contribution >= 4 is 27.6 Å². The molecule has 2 heterocycles. The Morgan fingerprint density at radius 2 is 1.92 bits per heavy atom. The van der Waals surface area contributed by atoms with Crippen molar-refractivity contribution in [3.8, 4) is 5.75 Å². The zero-order chi connectivity index (χ0) is 27.0. The first kappa shape index (κ1) is 25.6. The fourth-order valence-corrected chi connectivity index (χ4v) is 6.44. The summed E-state index contributed by atoms with van der Waals surface area (Å²) in [5.41, 5.74) is 1.93. The minimum atomic E-state index is -0.608. The van der Waals surface area contributed by atoms with E-state index in [1.165, 1.54) is 10.8 Å². The van der Waals surface area contributed by atoms with Gasteiger partial charge in [-0.25, -0.2) is 4.79 Å². The lowest BCUT2D eigenvalue weighted by atomic mass is 9.71. The number of piperidine rings is 1. The smallest absolute Gasteiger partial charge is 0.339 e. The molecular formula is C33H35NO5. The third-order valence-electron chi connectivity index (χ3n) is 8.85. The number of benzene rings is 3. The van der Waals surface area contributed by atoms with Gasteiger partial charge in [-0.1, -0.05) is 49.2 Å². The van der Waals surface area contributed by atoms with Crippen molar-refractivity contribution in [2.24, 2.45) is 5.92 Å². The van der Waals surface area contributed by atoms with E-state index in [1.807, 2.05) is 36.1 Å². The average molecular weight is 526 g/mol. The lowest BCUT2D eigenvalue weighted by Gasteiger charge is -2.47. The Hall–Kier alpha value is -3.64.